The largest absolute Gasteiger partial charge is 0.467 e. The summed E-state index contributed by atoms with van der Waals surface area (Å²) in [5, 5.41) is 6.03. The normalized spacial score (nSPS) is 12.2. The average Bonchev–Trinajstić information content (AvgIpc) is 3.34. The number of ether oxygens (including phenoxy) is 1. The van der Waals surface area contributed by atoms with Crippen molar-refractivity contribution < 1.29 is 32.7 Å². The predicted octanol–water partition coefficient (Wildman–Crippen LogP) is 3.47. The number of H-pyrrole nitrogens is 1. The smallest absolute Gasteiger partial charge is 0.363 e. The van der Waals surface area contributed by atoms with Crippen LogP contribution in [0.1, 0.15) is 26.3 Å². The van der Waals surface area contributed by atoms with Crippen molar-refractivity contribution in [1.29, 1.82) is 0 Å². The fourth-order valence-electron chi connectivity index (χ4n) is 3.29. The van der Waals surface area contributed by atoms with Gasteiger partial charge in [0, 0.05) is 43.4 Å². The number of carbonyl (C=O) groups is 3. The van der Waals surface area contributed by atoms with E-state index in [1.165, 1.54) is 18.2 Å². The van der Waals surface area contributed by atoms with Gasteiger partial charge >= 0.3 is 13.6 Å². The summed E-state index contributed by atoms with van der Waals surface area (Å²) in [7, 11) is -0.837. The van der Waals surface area contributed by atoms with Crippen molar-refractivity contribution in [1.82, 2.24) is 15.6 Å². The van der Waals surface area contributed by atoms with Gasteiger partial charge in [0.1, 0.15) is 0 Å². The van der Waals surface area contributed by atoms with Gasteiger partial charge in [-0.25, -0.2) is 4.79 Å². The number of hydrogen-bond acceptors (Lipinski definition) is 7. The van der Waals surface area contributed by atoms with Gasteiger partial charge in [-0.1, -0.05) is 23.7 Å². The number of benzene rings is 2. The number of amides is 2. The lowest BCUT2D eigenvalue weighted by Crippen LogP contribution is -2.42. The number of methoxy groups -OCH3 is 1. The molecule has 34 heavy (non-hydrogen) atoms. The summed E-state index contributed by atoms with van der Waals surface area (Å²) < 4.78 is 26.9. The van der Waals surface area contributed by atoms with E-state index in [0.29, 0.717) is 0 Å². The van der Waals surface area contributed by atoms with E-state index in [9.17, 15) is 18.9 Å². The Morgan fingerprint density at radius 1 is 1.06 bits per heavy atom. The molecule has 0 spiro atoms. The molecule has 3 aromatic rings. The molecule has 1 heterocycles. The molecule has 0 saturated carbocycles. The molecule has 180 valence electrons. The van der Waals surface area contributed by atoms with E-state index in [2.05, 4.69) is 20.4 Å². The zero-order valence-corrected chi connectivity index (χ0v) is 20.2. The first-order valence-corrected chi connectivity index (χ1v) is 12.0. The Kier molecular flexibility index (Phi) is 8.11. The fraction of sp³-hybridized carbons (Fsp3) is 0.227. The van der Waals surface area contributed by atoms with Crippen LogP contribution in [0.2, 0.25) is 5.02 Å². The second kappa shape index (κ2) is 10.8. The van der Waals surface area contributed by atoms with Crippen LogP contribution in [0.25, 0.3) is 10.9 Å². The summed E-state index contributed by atoms with van der Waals surface area (Å²) in [6.45, 7) is 0.290. The van der Waals surface area contributed by atoms with Crippen LogP contribution in [0.3, 0.4) is 0 Å². The van der Waals surface area contributed by atoms with Gasteiger partial charge in [-0.2, -0.15) is 0 Å². The lowest BCUT2D eigenvalue weighted by Gasteiger charge is -2.23. The van der Waals surface area contributed by atoms with Gasteiger partial charge in [0.2, 0.25) is 5.78 Å². The SMILES string of the molecule is COC(=O)C(NC(=O)c1ccc(C(=O)NCc2cccc3[nH]ccc23)cc1Cl)P(=O)(OC)OC. The van der Waals surface area contributed by atoms with Crippen LogP contribution in [0, 0.1) is 0 Å². The van der Waals surface area contributed by atoms with Gasteiger partial charge in [0.15, 0.2) is 0 Å². The molecule has 12 heteroatoms. The average molecular weight is 508 g/mol. The quantitative estimate of drug-likeness (QED) is 0.298. The Morgan fingerprint density at radius 2 is 1.79 bits per heavy atom. The summed E-state index contributed by atoms with van der Waals surface area (Å²) in [5.74, 6) is -3.96. The number of fused-ring (bicyclic) bond motifs is 1. The number of nitrogens with one attached hydrogen (secondary N) is 3. The topological polar surface area (TPSA) is 136 Å². The second-order valence-corrected chi connectivity index (χ2v) is 9.77. The van der Waals surface area contributed by atoms with E-state index in [-0.39, 0.29) is 22.7 Å². The molecule has 0 radical (unpaired) electrons. The van der Waals surface area contributed by atoms with Gasteiger partial charge in [-0.05, 0) is 35.9 Å². The minimum absolute atomic E-state index is 0.0498. The molecule has 3 N–H and O–H groups in total. The van der Waals surface area contributed by atoms with Gasteiger partial charge in [-0.3, -0.25) is 14.2 Å². The van der Waals surface area contributed by atoms with Crippen molar-refractivity contribution in [2.24, 2.45) is 0 Å². The maximum Gasteiger partial charge on any atom is 0.363 e. The molecule has 0 aliphatic carbocycles. The van der Waals surface area contributed by atoms with E-state index < -0.39 is 31.2 Å². The number of carbonyl (C=O) groups excluding carboxylic acids is 3. The molecule has 3 rings (SSSR count). The minimum atomic E-state index is -4.05. The molecule has 10 nitrogen and oxygen atoms in total. The minimum Gasteiger partial charge on any atom is -0.467 e. The molecular formula is C22H23ClN3O7P. The summed E-state index contributed by atoms with van der Waals surface area (Å²) in [6.07, 6.45) is 1.82. The highest BCUT2D eigenvalue weighted by Gasteiger charge is 2.42. The molecule has 2 amide bonds. The first-order chi connectivity index (χ1) is 16.2. The van der Waals surface area contributed by atoms with Crippen LogP contribution in [-0.4, -0.2) is 49.9 Å². The maximum absolute atomic E-state index is 12.7. The van der Waals surface area contributed by atoms with Crippen LogP contribution in [0.4, 0.5) is 0 Å². The number of aromatic nitrogens is 1. The van der Waals surface area contributed by atoms with Gasteiger partial charge in [0.05, 0.1) is 17.7 Å². The van der Waals surface area contributed by atoms with Crippen LogP contribution in [-0.2, 0) is 29.7 Å². The lowest BCUT2D eigenvalue weighted by atomic mass is 10.1. The molecule has 0 fully saturated rings. The number of rotatable bonds is 9. The number of aromatic amines is 1. The first-order valence-electron chi connectivity index (χ1n) is 9.96. The summed E-state index contributed by atoms with van der Waals surface area (Å²) in [4.78, 5) is 40.5. The van der Waals surface area contributed by atoms with Crippen molar-refractivity contribution in [2.75, 3.05) is 21.3 Å². The summed E-state index contributed by atoms with van der Waals surface area (Å²) >= 11 is 6.24. The molecular weight excluding hydrogens is 485 g/mol. The maximum atomic E-state index is 12.7. The standard InChI is InChI=1S/C22H23ClN3O7P/c1-31-22(29)21(34(30,32-2)33-3)26-20(28)16-8-7-13(11-17(16)23)19(27)25-12-14-5-4-6-18-15(14)9-10-24-18/h4-11,21,24H,12H2,1-3H3,(H,25,27)(H,26,28). The number of hydrogen-bond donors (Lipinski definition) is 3. The molecule has 0 aliphatic heterocycles. The summed E-state index contributed by atoms with van der Waals surface area (Å²) in [5.41, 5.74) is 2.07. The Balaban J connectivity index is 1.73. The third kappa shape index (κ3) is 5.31. The third-order valence-corrected chi connectivity index (χ3v) is 7.42. The summed E-state index contributed by atoms with van der Waals surface area (Å²) in [6, 6.07) is 11.7. The van der Waals surface area contributed by atoms with Gasteiger partial charge in [-0.15, -0.1) is 0 Å². The number of esters is 1. The monoisotopic (exact) mass is 507 g/mol. The van der Waals surface area contributed by atoms with E-state index in [1.54, 1.807) is 0 Å². The molecule has 2 aromatic carbocycles. The molecule has 0 aliphatic rings. The Bertz CT molecular complexity index is 1270. The van der Waals surface area contributed by atoms with Crippen LogP contribution >= 0.6 is 19.2 Å². The third-order valence-electron chi connectivity index (χ3n) is 5.12. The zero-order chi connectivity index (χ0) is 24.9. The molecule has 1 unspecified atom stereocenters. The predicted molar refractivity (Wildman–Crippen MR) is 126 cm³/mol. The van der Waals surface area contributed by atoms with E-state index in [0.717, 1.165) is 37.8 Å². The van der Waals surface area contributed by atoms with Crippen LogP contribution < -0.4 is 10.6 Å². The van der Waals surface area contributed by atoms with E-state index in [4.69, 9.17) is 20.6 Å². The van der Waals surface area contributed by atoms with E-state index in [1.807, 2.05) is 30.5 Å². The first kappa shape index (κ1) is 25.5. The van der Waals surface area contributed by atoms with E-state index >= 15 is 0 Å². The fourth-order valence-corrected chi connectivity index (χ4v) is 4.76. The van der Waals surface area contributed by atoms with Crippen molar-refractivity contribution in [2.45, 2.75) is 12.3 Å². The highest BCUT2D eigenvalue weighted by molar-refractivity contribution is 7.55. The Labute approximate surface area is 200 Å². The molecule has 1 atom stereocenters. The van der Waals surface area contributed by atoms with Gasteiger partial charge in [0.25, 0.3) is 11.8 Å². The van der Waals surface area contributed by atoms with Crippen molar-refractivity contribution in [3.63, 3.8) is 0 Å². The molecule has 0 saturated heterocycles. The number of halogens is 1. The zero-order valence-electron chi connectivity index (χ0n) is 18.6. The van der Waals surface area contributed by atoms with Crippen LogP contribution in [0.15, 0.2) is 48.7 Å². The van der Waals surface area contributed by atoms with Crippen LogP contribution in [0.5, 0.6) is 0 Å². The highest BCUT2D eigenvalue weighted by Crippen LogP contribution is 2.50. The lowest BCUT2D eigenvalue weighted by molar-refractivity contribution is -0.141. The van der Waals surface area contributed by atoms with Crippen molar-refractivity contribution in [3.05, 3.63) is 70.4 Å². The molecule has 0 bridgehead atoms. The molecule has 1 aromatic heterocycles. The van der Waals surface area contributed by atoms with Crippen molar-refractivity contribution >= 4 is 47.9 Å². The van der Waals surface area contributed by atoms with Gasteiger partial charge < -0.3 is 29.4 Å². The van der Waals surface area contributed by atoms with Crippen molar-refractivity contribution in [3.8, 4) is 0 Å². The highest BCUT2D eigenvalue weighted by atomic mass is 35.5. The second-order valence-electron chi connectivity index (χ2n) is 7.04. The Hall–Kier alpha value is -3.17. The Morgan fingerprint density at radius 3 is 2.44 bits per heavy atom.